The van der Waals surface area contributed by atoms with E-state index in [1.807, 2.05) is 39.0 Å². The van der Waals surface area contributed by atoms with Gasteiger partial charge in [0, 0.05) is 22.6 Å². The van der Waals surface area contributed by atoms with E-state index in [4.69, 9.17) is 0 Å². The highest BCUT2D eigenvalue weighted by Gasteiger charge is 2.19. The van der Waals surface area contributed by atoms with Gasteiger partial charge in [0.05, 0.1) is 0 Å². The van der Waals surface area contributed by atoms with Crippen LogP contribution in [-0.4, -0.2) is 23.9 Å². The van der Waals surface area contributed by atoms with E-state index < -0.39 is 0 Å². The Kier molecular flexibility index (Phi) is 5.11. The molecule has 2 amide bonds. The number of nitrogens with one attached hydrogen (secondary N) is 1. The molecule has 4 nitrogen and oxygen atoms in total. The van der Waals surface area contributed by atoms with Crippen molar-refractivity contribution in [1.82, 2.24) is 5.32 Å². The number of nitrogens with zero attached hydrogens (tertiary/aromatic N) is 1. The molecule has 0 heterocycles. The lowest BCUT2D eigenvalue weighted by Gasteiger charge is -2.25. The van der Waals surface area contributed by atoms with Gasteiger partial charge in [-0.1, -0.05) is 22.0 Å². The number of benzene rings is 1. The zero-order valence-electron chi connectivity index (χ0n) is 11.7. The van der Waals surface area contributed by atoms with Gasteiger partial charge in [0.1, 0.15) is 6.54 Å². The summed E-state index contributed by atoms with van der Waals surface area (Å²) < 4.78 is 0.868. The Labute approximate surface area is 122 Å². The van der Waals surface area contributed by atoms with Crippen LogP contribution in [0.3, 0.4) is 0 Å². The van der Waals surface area contributed by atoms with Crippen molar-refractivity contribution in [3.05, 3.63) is 28.7 Å². The maximum Gasteiger partial charge on any atom is 0.240 e. The highest BCUT2D eigenvalue weighted by atomic mass is 79.9. The molecule has 0 spiro atoms. The number of anilines is 1. The molecule has 0 aliphatic heterocycles. The Hall–Kier alpha value is -1.36. The zero-order chi connectivity index (χ0) is 14.6. The molecule has 0 radical (unpaired) electrons. The smallest absolute Gasteiger partial charge is 0.240 e. The Morgan fingerprint density at radius 3 is 2.42 bits per heavy atom. The van der Waals surface area contributed by atoms with Crippen LogP contribution in [0.5, 0.6) is 0 Å². The van der Waals surface area contributed by atoms with Crippen molar-refractivity contribution in [1.29, 1.82) is 0 Å². The van der Waals surface area contributed by atoms with Gasteiger partial charge in [0.15, 0.2) is 0 Å². The molecular formula is C14H19BrN2O2. The Bertz CT molecular complexity index is 481. The first-order chi connectivity index (χ1) is 8.69. The van der Waals surface area contributed by atoms with Crippen molar-refractivity contribution in [3.63, 3.8) is 0 Å². The summed E-state index contributed by atoms with van der Waals surface area (Å²) in [4.78, 5) is 25.1. The Balaban J connectivity index is 2.85. The van der Waals surface area contributed by atoms with E-state index in [0.717, 1.165) is 4.47 Å². The fourth-order valence-corrected chi connectivity index (χ4v) is 2.02. The molecule has 1 N–H and O–H groups in total. The quantitative estimate of drug-likeness (QED) is 0.928. The minimum atomic E-state index is -0.309. The van der Waals surface area contributed by atoms with Gasteiger partial charge < -0.3 is 10.2 Å². The summed E-state index contributed by atoms with van der Waals surface area (Å²) in [6.07, 6.45) is 0. The number of amides is 2. The van der Waals surface area contributed by atoms with Crippen LogP contribution in [0.4, 0.5) is 5.69 Å². The number of carbonyl (C=O) groups is 2. The van der Waals surface area contributed by atoms with E-state index in [0.29, 0.717) is 5.69 Å². The molecule has 0 aromatic heterocycles. The van der Waals surface area contributed by atoms with Crippen molar-refractivity contribution >= 4 is 33.4 Å². The molecule has 104 valence electrons. The predicted molar refractivity (Wildman–Crippen MR) is 80.1 cm³/mol. The van der Waals surface area contributed by atoms with E-state index in [-0.39, 0.29) is 23.9 Å². The summed E-state index contributed by atoms with van der Waals surface area (Å²) in [5, 5.41) is 2.84. The van der Waals surface area contributed by atoms with E-state index >= 15 is 0 Å². The van der Waals surface area contributed by atoms with E-state index in [1.165, 1.54) is 11.8 Å². The molecule has 1 aromatic rings. The monoisotopic (exact) mass is 326 g/mol. The number of carbonyl (C=O) groups excluding carboxylic acids is 2. The van der Waals surface area contributed by atoms with E-state index in [1.54, 1.807) is 6.07 Å². The maximum absolute atomic E-state index is 11.9. The fourth-order valence-electron chi connectivity index (χ4n) is 1.63. The minimum absolute atomic E-state index is 0.0169. The van der Waals surface area contributed by atoms with Crippen LogP contribution in [0, 0.1) is 0 Å². The normalized spacial score (nSPS) is 11.0. The molecule has 0 aliphatic rings. The second kappa shape index (κ2) is 6.19. The third-order valence-corrected chi connectivity index (χ3v) is 2.81. The van der Waals surface area contributed by atoms with Crippen LogP contribution in [-0.2, 0) is 9.59 Å². The van der Waals surface area contributed by atoms with Crippen LogP contribution in [0.2, 0.25) is 0 Å². The van der Waals surface area contributed by atoms with Gasteiger partial charge >= 0.3 is 0 Å². The number of hydrogen-bond donors (Lipinski definition) is 1. The summed E-state index contributed by atoms with van der Waals surface area (Å²) in [5.41, 5.74) is 0.391. The van der Waals surface area contributed by atoms with Gasteiger partial charge in [-0.15, -0.1) is 0 Å². The van der Waals surface area contributed by atoms with Gasteiger partial charge in [0.2, 0.25) is 11.8 Å². The molecule has 19 heavy (non-hydrogen) atoms. The van der Waals surface area contributed by atoms with Crippen molar-refractivity contribution in [2.75, 3.05) is 11.4 Å². The number of halogens is 1. The highest BCUT2D eigenvalue weighted by molar-refractivity contribution is 9.10. The molecule has 0 fully saturated rings. The number of rotatable bonds is 3. The lowest BCUT2D eigenvalue weighted by Crippen LogP contribution is -2.47. The second-order valence-electron chi connectivity index (χ2n) is 5.38. The summed E-state index contributed by atoms with van der Waals surface area (Å²) in [5.74, 6) is -0.343. The van der Waals surface area contributed by atoms with Crippen LogP contribution < -0.4 is 10.2 Å². The molecule has 0 atom stereocenters. The van der Waals surface area contributed by atoms with Gasteiger partial charge in [0.25, 0.3) is 0 Å². The first kappa shape index (κ1) is 15.7. The van der Waals surface area contributed by atoms with Gasteiger partial charge in [-0.05, 0) is 39.0 Å². The first-order valence-electron chi connectivity index (χ1n) is 6.04. The second-order valence-corrected chi connectivity index (χ2v) is 6.30. The summed E-state index contributed by atoms with van der Waals surface area (Å²) in [6.45, 7) is 7.18. The van der Waals surface area contributed by atoms with Crippen LogP contribution >= 0.6 is 15.9 Å². The average Bonchev–Trinajstić information content (AvgIpc) is 2.23. The van der Waals surface area contributed by atoms with Crippen molar-refractivity contribution in [2.24, 2.45) is 0 Å². The third-order valence-electron chi connectivity index (χ3n) is 2.32. The third kappa shape index (κ3) is 5.42. The predicted octanol–water partition coefficient (Wildman–Crippen LogP) is 2.72. The molecule has 0 unspecified atom stereocenters. The van der Waals surface area contributed by atoms with E-state index in [2.05, 4.69) is 21.2 Å². The zero-order valence-corrected chi connectivity index (χ0v) is 13.2. The topological polar surface area (TPSA) is 49.4 Å². The van der Waals surface area contributed by atoms with Crippen LogP contribution in [0.1, 0.15) is 27.7 Å². The maximum atomic E-state index is 11.9. The SMILES string of the molecule is CC(=O)N(CC(=O)NC(C)(C)C)c1cccc(Br)c1. The van der Waals surface area contributed by atoms with Crippen LogP contribution in [0.25, 0.3) is 0 Å². The van der Waals surface area contributed by atoms with Gasteiger partial charge in [-0.25, -0.2) is 0 Å². The molecule has 0 aliphatic carbocycles. The summed E-state index contributed by atoms with van der Waals surface area (Å²) in [7, 11) is 0. The fraction of sp³-hybridized carbons (Fsp3) is 0.429. The van der Waals surface area contributed by atoms with E-state index in [9.17, 15) is 9.59 Å². The van der Waals surface area contributed by atoms with Crippen molar-refractivity contribution in [3.8, 4) is 0 Å². The van der Waals surface area contributed by atoms with Gasteiger partial charge in [-0.3, -0.25) is 9.59 Å². The first-order valence-corrected chi connectivity index (χ1v) is 6.83. The van der Waals surface area contributed by atoms with Gasteiger partial charge in [-0.2, -0.15) is 0 Å². The van der Waals surface area contributed by atoms with Crippen molar-refractivity contribution < 1.29 is 9.59 Å². The molecule has 1 aromatic carbocycles. The molecule has 5 heteroatoms. The Morgan fingerprint density at radius 1 is 1.32 bits per heavy atom. The summed E-state index contributed by atoms with van der Waals surface area (Å²) in [6, 6.07) is 7.32. The van der Waals surface area contributed by atoms with Crippen molar-refractivity contribution in [2.45, 2.75) is 33.2 Å². The summed E-state index contributed by atoms with van der Waals surface area (Å²) >= 11 is 3.36. The van der Waals surface area contributed by atoms with Crippen LogP contribution in [0.15, 0.2) is 28.7 Å². The lowest BCUT2D eigenvalue weighted by atomic mass is 10.1. The average molecular weight is 327 g/mol. The minimum Gasteiger partial charge on any atom is -0.350 e. The largest absolute Gasteiger partial charge is 0.350 e. The Morgan fingerprint density at radius 2 is 1.95 bits per heavy atom. The molecule has 0 bridgehead atoms. The standard InChI is InChI=1S/C14H19BrN2O2/c1-10(18)17(9-13(19)16-14(2,3)4)12-7-5-6-11(15)8-12/h5-8H,9H2,1-4H3,(H,16,19). The highest BCUT2D eigenvalue weighted by Crippen LogP contribution is 2.20. The molecule has 1 rings (SSSR count). The number of hydrogen-bond acceptors (Lipinski definition) is 2. The molecule has 0 saturated carbocycles. The molecular weight excluding hydrogens is 308 g/mol. The molecule has 0 saturated heterocycles. The lowest BCUT2D eigenvalue weighted by molar-refractivity contribution is -0.124.